The Morgan fingerprint density at radius 2 is 1.92 bits per heavy atom. The summed E-state index contributed by atoms with van der Waals surface area (Å²) in [5.41, 5.74) is 2.82. The highest BCUT2D eigenvalue weighted by molar-refractivity contribution is 7.91. The van der Waals surface area contributed by atoms with Gasteiger partial charge < -0.3 is 10.4 Å². The van der Waals surface area contributed by atoms with E-state index >= 15 is 0 Å². The Hall–Kier alpha value is -1.97. The molecular weight excluding hydrogens is 512 g/mol. The fraction of sp³-hybridized carbons (Fsp3) is 0.667. The normalized spacial score (nSPS) is 20.7. The summed E-state index contributed by atoms with van der Waals surface area (Å²) in [7, 11) is -3.14. The van der Waals surface area contributed by atoms with Crippen molar-refractivity contribution in [2.24, 2.45) is 5.41 Å². The van der Waals surface area contributed by atoms with Crippen LogP contribution in [-0.4, -0.2) is 57.8 Å². The second-order valence-electron chi connectivity index (χ2n) is 11.5. The van der Waals surface area contributed by atoms with E-state index in [4.69, 9.17) is 16.6 Å². The zero-order chi connectivity index (χ0) is 27.6. The predicted molar refractivity (Wildman–Crippen MR) is 148 cm³/mol. The molecule has 0 aliphatic heterocycles. The van der Waals surface area contributed by atoms with Crippen molar-refractivity contribution in [1.82, 2.24) is 20.1 Å². The molecule has 0 radical (unpaired) electrons. The number of hydrogen-bond donors (Lipinski definition) is 2. The molecule has 0 aromatic carbocycles. The average Bonchev–Trinajstić information content (AvgIpc) is 3.16. The number of amides is 1. The summed E-state index contributed by atoms with van der Waals surface area (Å²) in [6.45, 7) is 11.2. The molecular formula is C27H41ClN4O4S. The molecule has 2 aromatic rings. The summed E-state index contributed by atoms with van der Waals surface area (Å²) in [5.74, 6) is -0.468. The van der Waals surface area contributed by atoms with Gasteiger partial charge in [-0.15, -0.1) is 0 Å². The van der Waals surface area contributed by atoms with Crippen LogP contribution in [0, 0.1) is 5.41 Å². The maximum absolute atomic E-state index is 13.1. The van der Waals surface area contributed by atoms with Gasteiger partial charge in [0.15, 0.2) is 5.69 Å². The number of aryl methyl sites for hydroxylation is 3. The van der Waals surface area contributed by atoms with Crippen LogP contribution in [0.4, 0.5) is 0 Å². The van der Waals surface area contributed by atoms with Crippen LogP contribution in [0.5, 0.6) is 0 Å². The van der Waals surface area contributed by atoms with Crippen molar-refractivity contribution in [3.63, 3.8) is 0 Å². The van der Waals surface area contributed by atoms with Gasteiger partial charge in [-0.3, -0.25) is 14.5 Å². The van der Waals surface area contributed by atoms with Gasteiger partial charge >= 0.3 is 0 Å². The summed E-state index contributed by atoms with van der Waals surface area (Å²) in [4.78, 5) is 17.8. The van der Waals surface area contributed by atoms with Gasteiger partial charge in [0.25, 0.3) is 5.91 Å². The molecule has 37 heavy (non-hydrogen) atoms. The Bertz CT molecular complexity index is 1230. The minimum Gasteiger partial charge on any atom is -0.388 e. The molecule has 2 N–H and O–H groups in total. The molecule has 2 aromatic heterocycles. The van der Waals surface area contributed by atoms with E-state index in [2.05, 4.69) is 44.2 Å². The Labute approximate surface area is 226 Å². The van der Waals surface area contributed by atoms with Crippen LogP contribution >= 0.6 is 11.6 Å². The lowest BCUT2D eigenvalue weighted by Crippen LogP contribution is -2.47. The molecule has 1 fully saturated rings. The van der Waals surface area contributed by atoms with Crippen LogP contribution in [-0.2, 0) is 29.2 Å². The van der Waals surface area contributed by atoms with Crippen molar-refractivity contribution < 1.29 is 18.3 Å². The van der Waals surface area contributed by atoms with Gasteiger partial charge in [0.05, 0.1) is 21.6 Å². The summed E-state index contributed by atoms with van der Waals surface area (Å²) >= 11 is 6.75. The first-order valence-electron chi connectivity index (χ1n) is 13.1. The highest BCUT2D eigenvalue weighted by Gasteiger charge is 2.37. The molecule has 2 heterocycles. The third kappa shape index (κ3) is 7.33. The van der Waals surface area contributed by atoms with E-state index in [0.717, 1.165) is 36.1 Å². The number of nitrogens with one attached hydrogen (secondary N) is 1. The third-order valence-corrected chi connectivity index (χ3v) is 9.31. The van der Waals surface area contributed by atoms with E-state index in [1.165, 1.54) is 6.26 Å². The van der Waals surface area contributed by atoms with Crippen molar-refractivity contribution in [3.8, 4) is 11.3 Å². The van der Waals surface area contributed by atoms with Crippen LogP contribution in [0.2, 0.25) is 5.02 Å². The SMILES string of the molecule is CCc1cc(CCC(C)(C)C)ncc1-c1c(Cl)c(C(=O)NCC2(O)CCC(S(C)(=O)=O)CC2)nn1CC. The monoisotopic (exact) mass is 552 g/mol. The first-order chi connectivity index (χ1) is 17.2. The summed E-state index contributed by atoms with van der Waals surface area (Å²) in [6.07, 6.45) is 7.12. The number of carbonyl (C=O) groups is 1. The van der Waals surface area contributed by atoms with Crippen molar-refractivity contribution in [3.05, 3.63) is 34.2 Å². The lowest BCUT2D eigenvalue weighted by molar-refractivity contribution is 0.00606. The third-order valence-electron chi connectivity index (χ3n) is 7.27. The molecule has 3 rings (SSSR count). The summed E-state index contributed by atoms with van der Waals surface area (Å²) in [5, 5.41) is 18.0. The van der Waals surface area contributed by atoms with Gasteiger partial charge in [-0.2, -0.15) is 5.10 Å². The highest BCUT2D eigenvalue weighted by Crippen LogP contribution is 2.35. The van der Waals surface area contributed by atoms with Crippen LogP contribution in [0.15, 0.2) is 12.3 Å². The molecule has 1 aliphatic carbocycles. The largest absolute Gasteiger partial charge is 0.388 e. The fourth-order valence-electron chi connectivity index (χ4n) is 4.83. The Morgan fingerprint density at radius 3 is 2.46 bits per heavy atom. The number of sulfone groups is 1. The van der Waals surface area contributed by atoms with Crippen molar-refractivity contribution in [1.29, 1.82) is 0 Å². The van der Waals surface area contributed by atoms with E-state index in [0.29, 0.717) is 37.9 Å². The van der Waals surface area contributed by atoms with Crippen LogP contribution in [0.1, 0.15) is 88.5 Å². The Balaban J connectivity index is 1.79. The zero-order valence-electron chi connectivity index (χ0n) is 22.9. The van der Waals surface area contributed by atoms with Gasteiger partial charge in [0.1, 0.15) is 9.84 Å². The Morgan fingerprint density at radius 1 is 1.27 bits per heavy atom. The minimum absolute atomic E-state index is 0.0111. The summed E-state index contributed by atoms with van der Waals surface area (Å²) in [6, 6.07) is 2.12. The number of aliphatic hydroxyl groups is 1. The molecule has 0 spiro atoms. The molecule has 0 bridgehead atoms. The average molecular weight is 553 g/mol. The van der Waals surface area contributed by atoms with Crippen molar-refractivity contribution >= 4 is 27.3 Å². The maximum Gasteiger partial charge on any atom is 0.273 e. The number of aromatic nitrogens is 3. The van der Waals surface area contributed by atoms with E-state index in [-0.39, 0.29) is 22.7 Å². The van der Waals surface area contributed by atoms with Gasteiger partial charge in [-0.25, -0.2) is 8.42 Å². The molecule has 1 amide bonds. The first kappa shape index (κ1) is 29.6. The highest BCUT2D eigenvalue weighted by atomic mass is 35.5. The van der Waals surface area contributed by atoms with Crippen LogP contribution in [0.25, 0.3) is 11.3 Å². The van der Waals surface area contributed by atoms with Gasteiger partial charge in [0, 0.05) is 36.8 Å². The summed E-state index contributed by atoms with van der Waals surface area (Å²) < 4.78 is 25.4. The second kappa shape index (κ2) is 11.4. The number of halogens is 1. The lowest BCUT2D eigenvalue weighted by atomic mass is 9.84. The number of nitrogens with zero attached hydrogens (tertiary/aromatic N) is 3. The lowest BCUT2D eigenvalue weighted by Gasteiger charge is -2.35. The number of carbonyl (C=O) groups excluding carboxylic acids is 1. The Kier molecular flexibility index (Phi) is 9.13. The van der Waals surface area contributed by atoms with Crippen molar-refractivity contribution in [2.75, 3.05) is 12.8 Å². The number of rotatable bonds is 9. The quantitative estimate of drug-likeness (QED) is 0.469. The second-order valence-corrected chi connectivity index (χ2v) is 14.2. The van der Waals surface area contributed by atoms with Crippen molar-refractivity contribution in [2.45, 2.75) is 97.0 Å². The van der Waals surface area contributed by atoms with E-state index < -0.39 is 26.6 Å². The molecule has 0 atom stereocenters. The van der Waals surface area contributed by atoms with E-state index in [9.17, 15) is 18.3 Å². The molecule has 10 heteroatoms. The first-order valence-corrected chi connectivity index (χ1v) is 15.4. The van der Waals surface area contributed by atoms with Gasteiger partial charge in [0.2, 0.25) is 0 Å². The standard InChI is InChI=1S/C27H41ClN4O4S/c1-7-18-15-19(9-12-26(3,4)5)29-16-21(18)24-22(28)23(31-32(24)8-2)25(33)30-17-27(34)13-10-20(11-14-27)37(6,35)36/h15-16,20,34H,7-14,17H2,1-6H3,(H,30,33). The minimum atomic E-state index is -3.14. The molecule has 0 unspecified atom stereocenters. The van der Waals surface area contributed by atoms with E-state index in [1.807, 2.05) is 13.1 Å². The van der Waals surface area contributed by atoms with E-state index in [1.54, 1.807) is 4.68 Å². The maximum atomic E-state index is 13.1. The van der Waals surface area contributed by atoms with Gasteiger partial charge in [-0.05, 0) is 68.9 Å². The number of hydrogen-bond acceptors (Lipinski definition) is 6. The number of pyridine rings is 1. The van der Waals surface area contributed by atoms with Gasteiger partial charge in [-0.1, -0.05) is 39.3 Å². The van der Waals surface area contributed by atoms with Crippen LogP contribution < -0.4 is 5.32 Å². The smallest absolute Gasteiger partial charge is 0.273 e. The van der Waals surface area contributed by atoms with Crippen LogP contribution in [0.3, 0.4) is 0 Å². The molecule has 8 nitrogen and oxygen atoms in total. The topological polar surface area (TPSA) is 114 Å². The molecule has 1 saturated carbocycles. The zero-order valence-corrected chi connectivity index (χ0v) is 24.5. The predicted octanol–water partition coefficient (Wildman–Crippen LogP) is 4.61. The fourth-order valence-corrected chi connectivity index (χ4v) is 6.24. The molecule has 0 saturated heterocycles. The molecule has 1 aliphatic rings. The molecule has 206 valence electrons.